The van der Waals surface area contributed by atoms with Gasteiger partial charge in [-0.3, -0.25) is 4.79 Å². The van der Waals surface area contributed by atoms with E-state index >= 15 is 0 Å². The van der Waals surface area contributed by atoms with E-state index in [0.717, 1.165) is 0 Å². The van der Waals surface area contributed by atoms with Crippen LogP contribution < -0.4 is 5.32 Å². The topological polar surface area (TPSA) is 97.8 Å². The second kappa shape index (κ2) is 7.32. The first-order valence-corrected chi connectivity index (χ1v) is 5.59. The van der Waals surface area contributed by atoms with Crippen LogP contribution in [0.1, 0.15) is 16.9 Å². The number of nitrogens with one attached hydrogen (secondary N) is 1. The minimum atomic E-state index is -0.932. The van der Waals surface area contributed by atoms with Gasteiger partial charge < -0.3 is 19.9 Å². The lowest BCUT2D eigenvalue weighted by Crippen LogP contribution is -2.25. The van der Waals surface area contributed by atoms with E-state index in [9.17, 15) is 9.59 Å². The van der Waals surface area contributed by atoms with Crippen LogP contribution in [0.25, 0.3) is 0 Å². The lowest BCUT2D eigenvalue weighted by Gasteiger charge is -2.14. The van der Waals surface area contributed by atoms with E-state index in [1.54, 1.807) is 6.07 Å². The predicted octanol–water partition coefficient (Wildman–Crippen LogP) is 0.770. The molecule has 7 heteroatoms. The molecule has 0 spiro atoms. The summed E-state index contributed by atoms with van der Waals surface area (Å²) in [7, 11) is 2.72. The number of rotatable bonds is 7. The number of aliphatic carboxylic acids is 1. The molecule has 1 aromatic heterocycles. The average Bonchev–Trinajstić information content (AvgIpc) is 2.42. The van der Waals surface area contributed by atoms with E-state index in [2.05, 4.69) is 15.0 Å². The third-order valence-corrected chi connectivity index (χ3v) is 2.42. The van der Waals surface area contributed by atoms with Gasteiger partial charge in [-0.2, -0.15) is 0 Å². The summed E-state index contributed by atoms with van der Waals surface area (Å²) in [6.07, 6.45) is 0.915. The Labute approximate surface area is 110 Å². The fourth-order valence-electron chi connectivity index (χ4n) is 1.42. The van der Waals surface area contributed by atoms with Gasteiger partial charge in [0, 0.05) is 25.5 Å². The summed E-state index contributed by atoms with van der Waals surface area (Å²) in [4.78, 5) is 25.7. The first-order chi connectivity index (χ1) is 9.06. The molecule has 0 aliphatic heterocycles. The van der Waals surface area contributed by atoms with Crippen LogP contribution in [0.5, 0.6) is 0 Å². The van der Waals surface area contributed by atoms with Gasteiger partial charge >= 0.3 is 11.9 Å². The zero-order valence-electron chi connectivity index (χ0n) is 10.8. The van der Waals surface area contributed by atoms with Crippen LogP contribution in [0.2, 0.25) is 0 Å². The molecular formula is C12H16N2O5. The highest BCUT2D eigenvalue weighted by molar-refractivity contribution is 5.88. The molecule has 0 amide bonds. The quantitative estimate of drug-likeness (QED) is 0.705. The summed E-state index contributed by atoms with van der Waals surface area (Å²) >= 11 is 0. The summed E-state index contributed by atoms with van der Waals surface area (Å²) in [5.41, 5.74) is 0.822. The van der Waals surface area contributed by atoms with Crippen molar-refractivity contribution in [3.63, 3.8) is 0 Å². The van der Waals surface area contributed by atoms with Crippen LogP contribution in [0.4, 0.5) is 5.69 Å². The van der Waals surface area contributed by atoms with Crippen molar-refractivity contribution >= 4 is 17.6 Å². The summed E-state index contributed by atoms with van der Waals surface area (Å²) in [6, 6.07) is 3.19. The number of nitrogens with zero attached hydrogens (tertiary/aromatic N) is 1. The maximum atomic E-state index is 11.3. The molecule has 0 aliphatic rings. The Morgan fingerprint density at radius 3 is 2.79 bits per heavy atom. The number of anilines is 1. The van der Waals surface area contributed by atoms with E-state index in [-0.39, 0.29) is 12.1 Å². The van der Waals surface area contributed by atoms with Crippen molar-refractivity contribution in [1.82, 2.24) is 4.98 Å². The lowest BCUT2D eigenvalue weighted by atomic mass is 10.2. The molecule has 0 bridgehead atoms. The van der Waals surface area contributed by atoms with Crippen LogP contribution in [-0.4, -0.2) is 48.9 Å². The maximum Gasteiger partial charge on any atom is 0.356 e. The number of carbonyl (C=O) groups excluding carboxylic acids is 1. The number of carboxylic acids is 1. The Morgan fingerprint density at radius 2 is 2.21 bits per heavy atom. The minimum absolute atomic E-state index is 0.0988. The minimum Gasteiger partial charge on any atom is -0.481 e. The molecule has 1 rings (SSSR count). The molecule has 19 heavy (non-hydrogen) atoms. The lowest BCUT2D eigenvalue weighted by molar-refractivity contribution is -0.139. The largest absolute Gasteiger partial charge is 0.481 e. The number of hydrogen-bond acceptors (Lipinski definition) is 6. The molecule has 1 aromatic rings. The summed E-state index contributed by atoms with van der Waals surface area (Å²) in [6.45, 7) is 0.313. The van der Waals surface area contributed by atoms with Crippen LogP contribution in [0.15, 0.2) is 18.3 Å². The highest BCUT2D eigenvalue weighted by Gasteiger charge is 2.13. The van der Waals surface area contributed by atoms with Crippen LogP contribution in [0, 0.1) is 0 Å². The molecule has 0 aliphatic carbocycles. The molecule has 0 radical (unpaired) electrons. The first kappa shape index (κ1) is 14.9. The summed E-state index contributed by atoms with van der Waals surface area (Å²) in [5, 5.41) is 11.7. The SMILES string of the molecule is COC(=O)c1cc(NCC(CC(=O)O)OC)ccn1. The van der Waals surface area contributed by atoms with E-state index in [0.29, 0.717) is 12.2 Å². The van der Waals surface area contributed by atoms with Crippen LogP contribution in [0.3, 0.4) is 0 Å². The maximum absolute atomic E-state index is 11.3. The molecule has 0 saturated heterocycles. The van der Waals surface area contributed by atoms with Gasteiger partial charge in [-0.05, 0) is 12.1 Å². The fraction of sp³-hybridized carbons (Fsp3) is 0.417. The molecule has 1 atom stereocenters. The standard InChI is InChI=1S/C12H16N2O5/c1-18-9(6-11(15)16)7-14-8-3-4-13-10(5-8)12(17)19-2/h3-5,9H,6-7H2,1-2H3,(H,13,14)(H,15,16). The smallest absolute Gasteiger partial charge is 0.356 e. The number of esters is 1. The Hall–Kier alpha value is -2.15. The predicted molar refractivity (Wildman–Crippen MR) is 67.1 cm³/mol. The van der Waals surface area contributed by atoms with E-state index in [1.807, 2.05) is 0 Å². The third kappa shape index (κ3) is 4.92. The Balaban J connectivity index is 2.61. The number of ether oxygens (including phenoxy) is 2. The van der Waals surface area contributed by atoms with Gasteiger partial charge in [-0.1, -0.05) is 0 Å². The normalized spacial score (nSPS) is 11.7. The van der Waals surface area contributed by atoms with Crippen molar-refractivity contribution in [3.8, 4) is 0 Å². The molecule has 2 N–H and O–H groups in total. The molecule has 1 heterocycles. The van der Waals surface area contributed by atoms with Gasteiger partial charge in [0.05, 0.1) is 19.6 Å². The Bertz CT molecular complexity index is 450. The molecule has 7 nitrogen and oxygen atoms in total. The summed E-state index contributed by atoms with van der Waals surface area (Å²) in [5.74, 6) is -1.46. The summed E-state index contributed by atoms with van der Waals surface area (Å²) < 4.78 is 9.59. The van der Waals surface area contributed by atoms with Gasteiger partial charge in [-0.15, -0.1) is 0 Å². The fourth-order valence-corrected chi connectivity index (χ4v) is 1.42. The van der Waals surface area contributed by atoms with Gasteiger partial charge in [0.1, 0.15) is 5.69 Å². The third-order valence-electron chi connectivity index (χ3n) is 2.42. The number of hydrogen-bond donors (Lipinski definition) is 2. The van der Waals surface area contributed by atoms with Crippen molar-refractivity contribution in [2.24, 2.45) is 0 Å². The second-order valence-corrected chi connectivity index (χ2v) is 3.76. The van der Waals surface area contributed by atoms with Crippen molar-refractivity contribution in [1.29, 1.82) is 0 Å². The molecule has 1 unspecified atom stereocenters. The van der Waals surface area contributed by atoms with Gasteiger partial charge in [0.2, 0.25) is 0 Å². The van der Waals surface area contributed by atoms with E-state index in [1.165, 1.54) is 26.5 Å². The van der Waals surface area contributed by atoms with Gasteiger partial charge in [-0.25, -0.2) is 9.78 Å². The van der Waals surface area contributed by atoms with Crippen molar-refractivity contribution in [3.05, 3.63) is 24.0 Å². The van der Waals surface area contributed by atoms with Crippen molar-refractivity contribution in [2.75, 3.05) is 26.1 Å². The highest BCUT2D eigenvalue weighted by atomic mass is 16.5. The molecule has 0 aromatic carbocycles. The zero-order chi connectivity index (χ0) is 14.3. The van der Waals surface area contributed by atoms with Crippen LogP contribution >= 0.6 is 0 Å². The van der Waals surface area contributed by atoms with E-state index < -0.39 is 18.0 Å². The van der Waals surface area contributed by atoms with Crippen LogP contribution in [-0.2, 0) is 14.3 Å². The number of carboxylic acid groups (broad SMARTS) is 1. The van der Waals surface area contributed by atoms with Gasteiger partial charge in [0.15, 0.2) is 0 Å². The second-order valence-electron chi connectivity index (χ2n) is 3.76. The molecular weight excluding hydrogens is 252 g/mol. The van der Waals surface area contributed by atoms with Gasteiger partial charge in [0.25, 0.3) is 0 Å². The molecule has 0 saturated carbocycles. The number of carbonyl (C=O) groups is 2. The van der Waals surface area contributed by atoms with Crippen molar-refractivity contribution in [2.45, 2.75) is 12.5 Å². The first-order valence-electron chi connectivity index (χ1n) is 5.59. The number of pyridine rings is 1. The number of methoxy groups -OCH3 is 2. The number of aromatic nitrogens is 1. The van der Waals surface area contributed by atoms with Crippen molar-refractivity contribution < 1.29 is 24.2 Å². The molecule has 0 fully saturated rings. The Kier molecular flexibility index (Phi) is 5.74. The average molecular weight is 268 g/mol. The zero-order valence-corrected chi connectivity index (χ0v) is 10.8. The Morgan fingerprint density at radius 1 is 1.47 bits per heavy atom. The monoisotopic (exact) mass is 268 g/mol. The highest BCUT2D eigenvalue weighted by Crippen LogP contribution is 2.10. The molecule has 104 valence electrons. The van der Waals surface area contributed by atoms with E-state index in [4.69, 9.17) is 9.84 Å².